The molecule has 0 unspecified atom stereocenters. The van der Waals surface area contributed by atoms with Gasteiger partial charge in [-0.15, -0.1) is 0 Å². The number of fused-ring (bicyclic) bond motifs is 2. The van der Waals surface area contributed by atoms with Crippen molar-refractivity contribution < 1.29 is 33.4 Å². The Balaban J connectivity index is 0.000000188. The average molecular weight is 921 g/mol. The predicted molar refractivity (Wildman–Crippen MR) is 258 cm³/mol. The van der Waals surface area contributed by atoms with Crippen molar-refractivity contribution in [3.05, 3.63) is 219 Å². The number of benzene rings is 7. The molecule has 0 saturated heterocycles. The van der Waals surface area contributed by atoms with Gasteiger partial charge in [0.25, 0.3) is 0 Å². The molecular weight excluding hydrogens is 880 g/mol. The average Bonchev–Trinajstić information content (AvgIpc) is 3.78. The van der Waals surface area contributed by atoms with Gasteiger partial charge in [-0.2, -0.15) is 0 Å². The first-order valence-electron chi connectivity index (χ1n) is 20.8. The van der Waals surface area contributed by atoms with Gasteiger partial charge in [-0.25, -0.2) is 18.4 Å². The first kappa shape index (κ1) is 45.1. The van der Waals surface area contributed by atoms with Crippen molar-refractivity contribution in [2.24, 2.45) is 0 Å². The van der Waals surface area contributed by atoms with Gasteiger partial charge in [0.05, 0.1) is 6.42 Å². The van der Waals surface area contributed by atoms with Crippen LogP contribution >= 0.6 is 23.2 Å². The van der Waals surface area contributed by atoms with E-state index in [2.05, 4.69) is 0 Å². The van der Waals surface area contributed by atoms with Gasteiger partial charge in [-0.3, -0.25) is 4.79 Å². The van der Waals surface area contributed by atoms with Crippen LogP contribution < -0.4 is 4.90 Å². The molecule has 2 heterocycles. The van der Waals surface area contributed by atoms with Crippen LogP contribution in [0.5, 0.6) is 0 Å². The minimum atomic E-state index is -1.17. The Morgan fingerprint density at radius 3 is 1.48 bits per heavy atom. The van der Waals surface area contributed by atoms with Gasteiger partial charge >= 0.3 is 11.9 Å². The number of likely N-dealkylation sites (N-methyl/N-ethyl adjacent to an activating group) is 1. The number of carboxylic acids is 2. The maximum absolute atomic E-state index is 14.9. The normalized spacial score (nSPS) is 11.1. The minimum Gasteiger partial charge on any atom is -0.477 e. The van der Waals surface area contributed by atoms with Crippen molar-refractivity contribution in [3.8, 4) is 22.3 Å². The number of rotatable bonds is 11. The number of aromatic carboxylic acids is 2. The molecule has 0 radical (unpaired) electrons. The third-order valence-corrected chi connectivity index (χ3v) is 11.8. The molecule has 0 fully saturated rings. The Hall–Kier alpha value is -7.53. The lowest BCUT2D eigenvalue weighted by Crippen LogP contribution is -2.27. The summed E-state index contributed by atoms with van der Waals surface area (Å²) in [5.41, 5.74) is 6.87. The molecule has 0 saturated carbocycles. The molecule has 1 amide bonds. The van der Waals surface area contributed by atoms with Crippen LogP contribution in [0.15, 0.2) is 164 Å². The monoisotopic (exact) mass is 919 g/mol. The third-order valence-electron chi connectivity index (χ3n) is 11.4. The number of carbonyl (C=O) groups is 3. The van der Waals surface area contributed by atoms with Crippen LogP contribution in [-0.4, -0.2) is 44.2 Å². The Morgan fingerprint density at radius 1 is 0.545 bits per heavy atom. The van der Waals surface area contributed by atoms with E-state index in [9.17, 15) is 33.4 Å². The molecule has 66 heavy (non-hydrogen) atoms. The van der Waals surface area contributed by atoms with Crippen molar-refractivity contribution in [2.75, 3.05) is 11.9 Å². The van der Waals surface area contributed by atoms with Gasteiger partial charge < -0.3 is 24.2 Å². The second-order valence-corrected chi connectivity index (χ2v) is 16.7. The maximum Gasteiger partial charge on any atom is 0.353 e. The fraction of sp³-hybridized carbons (Fsp3) is 0.0926. The minimum absolute atomic E-state index is 0.0299. The number of nitrogens with zero attached hydrogens (tertiary/aromatic N) is 3. The molecule has 0 spiro atoms. The quantitative estimate of drug-likeness (QED) is 0.134. The molecule has 0 aliphatic heterocycles. The molecule has 9 aromatic rings. The molecule has 0 aliphatic rings. The fourth-order valence-corrected chi connectivity index (χ4v) is 8.75. The van der Waals surface area contributed by atoms with Crippen molar-refractivity contribution in [2.45, 2.75) is 26.4 Å². The highest BCUT2D eigenvalue weighted by Gasteiger charge is 2.27. The Morgan fingerprint density at radius 2 is 1.00 bits per heavy atom. The summed E-state index contributed by atoms with van der Waals surface area (Å²) in [5.74, 6) is -3.34. The standard InChI is InChI=1S/C31H24ClFN2O3.C23H17ClFNO2/c1-34(23-10-3-2-4-11-23)28(36)17-20-8-7-9-21(16-20)19-35-27-15-14-22(32)18-25(27)29(30(35)31(37)38)24-12-5-6-13-26(24)33;1-14-5-4-6-15(11-14)13-26-20-10-9-16(24)12-18(20)21(22(26)23(27)28)17-7-2-3-8-19(17)25/h2-16,18H,17,19H2,1H3,(H,37,38);2-12H,13H2,1H3,(H,27,28). The van der Waals surface area contributed by atoms with Gasteiger partial charge in [-0.1, -0.05) is 132 Å². The van der Waals surface area contributed by atoms with Crippen LogP contribution in [0.25, 0.3) is 44.1 Å². The zero-order valence-electron chi connectivity index (χ0n) is 35.7. The number of hydrogen-bond donors (Lipinski definition) is 2. The molecule has 330 valence electrons. The van der Waals surface area contributed by atoms with Crippen molar-refractivity contribution in [1.82, 2.24) is 9.13 Å². The summed E-state index contributed by atoms with van der Waals surface area (Å²) in [6.07, 6.45) is 0.188. The molecule has 2 aromatic heterocycles. The van der Waals surface area contributed by atoms with Crippen LogP contribution in [0.3, 0.4) is 0 Å². The zero-order valence-corrected chi connectivity index (χ0v) is 37.2. The number of para-hydroxylation sites is 1. The van der Waals surface area contributed by atoms with E-state index >= 15 is 0 Å². The van der Waals surface area contributed by atoms with Gasteiger partial charge in [0.2, 0.25) is 5.91 Å². The topological polar surface area (TPSA) is 105 Å². The first-order valence-corrected chi connectivity index (χ1v) is 21.6. The largest absolute Gasteiger partial charge is 0.477 e. The summed E-state index contributed by atoms with van der Waals surface area (Å²) in [6, 6.07) is 47.4. The molecule has 2 N–H and O–H groups in total. The summed E-state index contributed by atoms with van der Waals surface area (Å²) < 4.78 is 32.8. The Labute approximate surface area is 389 Å². The van der Waals surface area contributed by atoms with Gasteiger partial charge in [-0.05, 0) is 84.3 Å². The number of hydrogen-bond acceptors (Lipinski definition) is 3. The van der Waals surface area contributed by atoms with Crippen molar-refractivity contribution in [1.29, 1.82) is 0 Å². The summed E-state index contributed by atoms with van der Waals surface area (Å²) in [7, 11) is 1.74. The van der Waals surface area contributed by atoms with Crippen LogP contribution in [0.1, 0.15) is 43.2 Å². The fourth-order valence-electron chi connectivity index (χ4n) is 8.40. The SMILES string of the molecule is CN(C(=O)Cc1cccc(Cn2c(C(=O)O)c(-c3ccccc3F)c3cc(Cl)ccc32)c1)c1ccccc1.Cc1cccc(Cn2c(C(=O)O)c(-c3ccccc3F)c3cc(Cl)ccc32)c1. The third kappa shape index (κ3) is 9.33. The maximum atomic E-state index is 14.9. The number of carbonyl (C=O) groups excluding carboxylic acids is 1. The first-order chi connectivity index (χ1) is 31.8. The Kier molecular flexibility index (Phi) is 13.2. The van der Waals surface area contributed by atoms with E-state index in [4.69, 9.17) is 23.2 Å². The molecule has 8 nitrogen and oxygen atoms in total. The van der Waals surface area contributed by atoms with Gasteiger partial charge in [0.15, 0.2) is 0 Å². The molecule has 0 bridgehead atoms. The lowest BCUT2D eigenvalue weighted by atomic mass is 10.0. The highest BCUT2D eigenvalue weighted by molar-refractivity contribution is 6.32. The second-order valence-electron chi connectivity index (χ2n) is 15.8. The number of anilines is 1. The lowest BCUT2D eigenvalue weighted by Gasteiger charge is -2.17. The number of amides is 1. The van der Waals surface area contributed by atoms with Crippen LogP contribution in [0.4, 0.5) is 14.5 Å². The molecule has 12 heteroatoms. The summed E-state index contributed by atoms with van der Waals surface area (Å²) >= 11 is 12.5. The van der Waals surface area contributed by atoms with Crippen LogP contribution in [0.2, 0.25) is 10.0 Å². The van der Waals surface area contributed by atoms with Crippen LogP contribution in [-0.2, 0) is 24.3 Å². The number of aromatic nitrogens is 2. The highest BCUT2D eigenvalue weighted by Crippen LogP contribution is 2.40. The van der Waals surface area contributed by atoms with Crippen molar-refractivity contribution >= 4 is 68.5 Å². The zero-order chi connectivity index (χ0) is 46.6. The number of carboxylic acid groups (broad SMARTS) is 2. The number of halogens is 4. The van der Waals surface area contributed by atoms with E-state index in [1.165, 1.54) is 12.1 Å². The van der Waals surface area contributed by atoms with E-state index in [0.717, 1.165) is 27.9 Å². The van der Waals surface area contributed by atoms with Crippen LogP contribution in [0, 0.1) is 18.6 Å². The van der Waals surface area contributed by atoms with Crippen molar-refractivity contribution in [3.63, 3.8) is 0 Å². The van der Waals surface area contributed by atoms with Gasteiger partial charge in [0.1, 0.15) is 23.0 Å². The second kappa shape index (κ2) is 19.3. The molecular formula is C54H41Cl2F2N3O5. The van der Waals surface area contributed by atoms with E-state index in [1.807, 2.05) is 85.8 Å². The van der Waals surface area contributed by atoms with E-state index in [0.29, 0.717) is 44.0 Å². The van der Waals surface area contributed by atoms with E-state index < -0.39 is 23.6 Å². The summed E-state index contributed by atoms with van der Waals surface area (Å²) in [5, 5.41) is 22.3. The molecule has 0 atom stereocenters. The molecule has 9 rings (SSSR count). The smallest absolute Gasteiger partial charge is 0.353 e. The summed E-state index contributed by atoms with van der Waals surface area (Å²) in [4.78, 5) is 39.4. The van der Waals surface area contributed by atoms with E-state index in [1.54, 1.807) is 93.9 Å². The lowest BCUT2D eigenvalue weighted by molar-refractivity contribution is -0.117. The highest BCUT2D eigenvalue weighted by atomic mass is 35.5. The number of aryl methyl sites for hydroxylation is 1. The molecule has 7 aromatic carbocycles. The predicted octanol–water partition coefficient (Wildman–Crippen LogP) is 13.2. The Bertz CT molecular complexity index is 3310. The molecule has 0 aliphatic carbocycles. The summed E-state index contributed by atoms with van der Waals surface area (Å²) in [6.45, 7) is 2.56. The van der Waals surface area contributed by atoms with Gasteiger partial charge in [0, 0.05) is 79.9 Å². The van der Waals surface area contributed by atoms with E-state index in [-0.39, 0.29) is 47.0 Å².